The first-order valence-electron chi connectivity index (χ1n) is 4.83. The van der Waals surface area contributed by atoms with Crippen LogP contribution in [0.1, 0.15) is 5.76 Å². The first-order chi connectivity index (χ1) is 7.16. The van der Waals surface area contributed by atoms with E-state index < -0.39 is 6.17 Å². The third kappa shape index (κ3) is 2.59. The summed E-state index contributed by atoms with van der Waals surface area (Å²) < 4.78 is 24.5. The molecule has 0 saturated carbocycles. The molecule has 1 aliphatic heterocycles. The molecule has 0 bridgehead atoms. The molecule has 0 unspecified atom stereocenters. The molecule has 0 aromatic carbocycles. The second kappa shape index (κ2) is 4.63. The van der Waals surface area contributed by atoms with Gasteiger partial charge in [-0.25, -0.2) is 4.39 Å². The van der Waals surface area contributed by atoms with Gasteiger partial charge in [0.2, 0.25) is 0 Å². The molecule has 1 aromatic heterocycles. The molecule has 0 aliphatic carbocycles. The molecule has 2 rings (SSSR count). The lowest BCUT2D eigenvalue weighted by Gasteiger charge is -2.23. The Morgan fingerprint density at radius 1 is 1.53 bits per heavy atom. The zero-order valence-corrected chi connectivity index (χ0v) is 10.0. The summed E-state index contributed by atoms with van der Waals surface area (Å²) in [6.07, 6.45) is -0.895. The van der Waals surface area contributed by atoms with Crippen LogP contribution in [0.25, 0.3) is 0 Å². The number of alkyl halides is 1. The van der Waals surface area contributed by atoms with Crippen LogP contribution in [-0.2, 0) is 11.3 Å². The van der Waals surface area contributed by atoms with E-state index in [2.05, 4.69) is 15.9 Å². The highest BCUT2D eigenvalue weighted by Crippen LogP contribution is 2.20. The average Bonchev–Trinajstić information content (AvgIpc) is 2.75. The summed E-state index contributed by atoms with van der Waals surface area (Å²) >= 11 is 3.23. The molecule has 2 heterocycles. The molecule has 5 heteroatoms. The van der Waals surface area contributed by atoms with Crippen LogP contribution in [0.3, 0.4) is 0 Å². The van der Waals surface area contributed by atoms with Crippen molar-refractivity contribution >= 4 is 15.9 Å². The van der Waals surface area contributed by atoms with Crippen molar-refractivity contribution in [3.63, 3.8) is 0 Å². The SMILES string of the molecule is CN(Cc1ccc(Br)o1)[C@@H]1COC[C@H]1F. The first kappa shape index (κ1) is 11.1. The first-order valence-corrected chi connectivity index (χ1v) is 5.62. The van der Waals surface area contributed by atoms with E-state index in [9.17, 15) is 4.39 Å². The lowest BCUT2D eigenvalue weighted by Crippen LogP contribution is -2.37. The lowest BCUT2D eigenvalue weighted by atomic mass is 10.2. The molecule has 2 atom stereocenters. The van der Waals surface area contributed by atoms with E-state index in [1.807, 2.05) is 24.1 Å². The zero-order valence-electron chi connectivity index (χ0n) is 8.45. The van der Waals surface area contributed by atoms with Gasteiger partial charge in [0.1, 0.15) is 11.9 Å². The van der Waals surface area contributed by atoms with Crippen molar-refractivity contribution in [1.82, 2.24) is 4.90 Å². The monoisotopic (exact) mass is 277 g/mol. The van der Waals surface area contributed by atoms with Gasteiger partial charge in [-0.05, 0) is 35.1 Å². The van der Waals surface area contributed by atoms with Crippen LogP contribution < -0.4 is 0 Å². The van der Waals surface area contributed by atoms with Crippen molar-refractivity contribution in [3.8, 4) is 0 Å². The Morgan fingerprint density at radius 3 is 2.87 bits per heavy atom. The zero-order chi connectivity index (χ0) is 10.8. The maximum Gasteiger partial charge on any atom is 0.169 e. The van der Waals surface area contributed by atoms with Gasteiger partial charge in [-0.15, -0.1) is 0 Å². The minimum Gasteiger partial charge on any atom is -0.453 e. The fourth-order valence-electron chi connectivity index (χ4n) is 1.72. The number of hydrogen-bond acceptors (Lipinski definition) is 3. The van der Waals surface area contributed by atoms with Crippen molar-refractivity contribution in [2.45, 2.75) is 18.8 Å². The molecule has 0 radical (unpaired) electrons. The molecule has 1 saturated heterocycles. The Balaban J connectivity index is 1.94. The number of hydrogen-bond donors (Lipinski definition) is 0. The predicted octanol–water partition coefficient (Wildman–Crippen LogP) is 2.21. The van der Waals surface area contributed by atoms with Crippen LogP contribution in [0.15, 0.2) is 21.2 Å². The Hall–Kier alpha value is -0.390. The van der Waals surface area contributed by atoms with Crippen LogP contribution in [0.4, 0.5) is 4.39 Å². The molecule has 3 nitrogen and oxygen atoms in total. The van der Waals surface area contributed by atoms with E-state index in [1.54, 1.807) is 0 Å². The Kier molecular flexibility index (Phi) is 3.43. The number of furan rings is 1. The van der Waals surface area contributed by atoms with Crippen molar-refractivity contribution in [2.24, 2.45) is 0 Å². The molecule has 0 amide bonds. The van der Waals surface area contributed by atoms with Crippen LogP contribution in [-0.4, -0.2) is 37.4 Å². The quantitative estimate of drug-likeness (QED) is 0.847. The summed E-state index contributed by atoms with van der Waals surface area (Å²) in [7, 11) is 1.88. The Bertz CT molecular complexity index is 331. The largest absolute Gasteiger partial charge is 0.453 e. The fraction of sp³-hybridized carbons (Fsp3) is 0.600. The molecule has 1 aromatic rings. The van der Waals surface area contributed by atoms with E-state index in [4.69, 9.17) is 9.15 Å². The molecule has 84 valence electrons. The number of halogens is 2. The third-order valence-electron chi connectivity index (χ3n) is 2.58. The molecule has 15 heavy (non-hydrogen) atoms. The fourth-order valence-corrected chi connectivity index (χ4v) is 2.06. The summed E-state index contributed by atoms with van der Waals surface area (Å²) in [5.74, 6) is 0.823. The van der Waals surface area contributed by atoms with Gasteiger partial charge in [0.15, 0.2) is 4.67 Å². The number of ether oxygens (including phenoxy) is 1. The van der Waals surface area contributed by atoms with Gasteiger partial charge in [-0.2, -0.15) is 0 Å². The molecular weight excluding hydrogens is 265 g/mol. The van der Waals surface area contributed by atoms with Crippen LogP contribution in [0.5, 0.6) is 0 Å². The molecule has 1 aliphatic rings. The van der Waals surface area contributed by atoms with Gasteiger partial charge in [0, 0.05) is 0 Å². The van der Waals surface area contributed by atoms with Crippen molar-refractivity contribution in [3.05, 3.63) is 22.6 Å². The molecule has 1 fully saturated rings. The molecule has 0 N–H and O–H groups in total. The van der Waals surface area contributed by atoms with Crippen LogP contribution >= 0.6 is 15.9 Å². The van der Waals surface area contributed by atoms with Crippen molar-refractivity contribution in [1.29, 1.82) is 0 Å². The summed E-state index contributed by atoms with van der Waals surface area (Å²) in [6.45, 7) is 1.26. The highest BCUT2D eigenvalue weighted by Gasteiger charge is 2.31. The normalized spacial score (nSPS) is 26.4. The van der Waals surface area contributed by atoms with Gasteiger partial charge in [0.05, 0.1) is 25.8 Å². The van der Waals surface area contributed by atoms with Gasteiger partial charge < -0.3 is 9.15 Å². The van der Waals surface area contributed by atoms with E-state index >= 15 is 0 Å². The third-order valence-corrected chi connectivity index (χ3v) is 3.01. The summed E-state index contributed by atoms with van der Waals surface area (Å²) in [5.41, 5.74) is 0. The van der Waals surface area contributed by atoms with Crippen molar-refractivity contribution < 1.29 is 13.5 Å². The summed E-state index contributed by atoms with van der Waals surface area (Å²) in [5, 5.41) is 0. The van der Waals surface area contributed by atoms with Gasteiger partial charge in [-0.1, -0.05) is 0 Å². The maximum atomic E-state index is 13.3. The van der Waals surface area contributed by atoms with Crippen LogP contribution in [0, 0.1) is 0 Å². The summed E-state index contributed by atoms with van der Waals surface area (Å²) in [4.78, 5) is 1.92. The van der Waals surface area contributed by atoms with E-state index in [-0.39, 0.29) is 12.6 Å². The van der Waals surface area contributed by atoms with Gasteiger partial charge in [0.25, 0.3) is 0 Å². The van der Waals surface area contributed by atoms with Gasteiger partial charge in [-0.3, -0.25) is 4.90 Å². The van der Waals surface area contributed by atoms with Crippen molar-refractivity contribution in [2.75, 3.05) is 20.3 Å². The van der Waals surface area contributed by atoms with E-state index in [0.717, 1.165) is 5.76 Å². The van der Waals surface area contributed by atoms with E-state index in [1.165, 1.54) is 0 Å². The second-order valence-corrected chi connectivity index (χ2v) is 4.52. The lowest BCUT2D eigenvalue weighted by molar-refractivity contribution is 0.146. The molecule has 0 spiro atoms. The number of rotatable bonds is 3. The Labute approximate surface area is 96.3 Å². The minimum atomic E-state index is -0.895. The number of nitrogens with zero attached hydrogens (tertiary/aromatic N) is 1. The smallest absolute Gasteiger partial charge is 0.169 e. The minimum absolute atomic E-state index is 0.158. The standard InChI is InChI=1S/C10H13BrFNO2/c1-13(9-6-14-5-8(9)12)4-7-2-3-10(11)15-7/h2-3,8-9H,4-6H2,1H3/t8-,9-/m1/s1. The van der Waals surface area contributed by atoms with E-state index in [0.29, 0.717) is 17.8 Å². The van der Waals surface area contributed by atoms with Crippen LogP contribution in [0.2, 0.25) is 0 Å². The molecular formula is C10H13BrFNO2. The second-order valence-electron chi connectivity index (χ2n) is 3.74. The topological polar surface area (TPSA) is 25.6 Å². The number of likely N-dealkylation sites (N-methyl/N-ethyl adjacent to an activating group) is 1. The average molecular weight is 278 g/mol. The maximum absolute atomic E-state index is 13.3. The highest BCUT2D eigenvalue weighted by atomic mass is 79.9. The van der Waals surface area contributed by atoms with Gasteiger partial charge >= 0.3 is 0 Å². The highest BCUT2D eigenvalue weighted by molar-refractivity contribution is 9.10. The summed E-state index contributed by atoms with van der Waals surface area (Å²) in [6, 6.07) is 3.55. The Morgan fingerprint density at radius 2 is 2.33 bits per heavy atom. The predicted molar refractivity (Wildman–Crippen MR) is 57.4 cm³/mol.